The Labute approximate surface area is 232 Å². The number of carboxylic acids is 2. The lowest BCUT2D eigenvalue weighted by atomic mass is 10.1. The van der Waals surface area contributed by atoms with Crippen LogP contribution in [0.1, 0.15) is 61.8 Å². The van der Waals surface area contributed by atoms with Gasteiger partial charge >= 0.3 is 11.9 Å². The maximum Gasteiger partial charge on any atom is 0.303 e. The van der Waals surface area contributed by atoms with Crippen molar-refractivity contribution in [3.05, 3.63) is 71.8 Å². The number of aromatic hydroxyl groups is 2. The summed E-state index contributed by atoms with van der Waals surface area (Å²) in [6.45, 7) is 3.60. The van der Waals surface area contributed by atoms with Gasteiger partial charge in [0.05, 0.1) is 0 Å². The number of aliphatic carboxylic acids is 2. The Hall–Kier alpha value is -4.60. The van der Waals surface area contributed by atoms with E-state index in [4.69, 9.17) is 19.0 Å². The summed E-state index contributed by atoms with van der Waals surface area (Å²) in [6.07, 6.45) is 4.14. The Morgan fingerprint density at radius 2 is 1.02 bits per heavy atom. The minimum absolute atomic E-state index is 0.159. The van der Waals surface area contributed by atoms with Crippen LogP contribution in [0.4, 0.5) is 0 Å². The zero-order chi connectivity index (χ0) is 29.1. The maximum atomic E-state index is 10.4. The molecule has 2 heterocycles. The number of unbranched alkanes of at least 4 members (excludes halogenated alkanes) is 2. The highest BCUT2D eigenvalue weighted by atomic mass is 16.4. The molecule has 212 valence electrons. The summed E-state index contributed by atoms with van der Waals surface area (Å²) in [5, 5.41) is 36.8. The van der Waals surface area contributed by atoms with Crippen molar-refractivity contribution in [2.45, 2.75) is 65.2 Å². The van der Waals surface area contributed by atoms with Crippen LogP contribution >= 0.6 is 0 Å². The second-order valence-corrected chi connectivity index (χ2v) is 9.26. The highest BCUT2D eigenvalue weighted by Gasteiger charge is 2.15. The molecule has 10 nitrogen and oxygen atoms in total. The number of phenolic OH excluding ortho intramolecular Hbond substituents is 2. The van der Waals surface area contributed by atoms with Gasteiger partial charge in [-0.2, -0.15) is 0 Å². The molecule has 0 radical (unpaired) electrons. The number of carbonyl (C=O) groups is 2. The molecule has 2 aromatic carbocycles. The molecule has 0 amide bonds. The number of benzene rings is 2. The van der Waals surface area contributed by atoms with Gasteiger partial charge in [0.1, 0.15) is 34.4 Å². The fraction of sp³-hybridized carbons (Fsp3) is 0.333. The zero-order valence-corrected chi connectivity index (χ0v) is 22.6. The predicted molar refractivity (Wildman–Crippen MR) is 147 cm³/mol. The molecular weight excluding hydrogens is 516 g/mol. The van der Waals surface area contributed by atoms with Crippen molar-refractivity contribution in [3.63, 3.8) is 0 Å². The first kappa shape index (κ1) is 29.9. The van der Waals surface area contributed by atoms with Crippen LogP contribution in [0.25, 0.3) is 22.5 Å². The number of hydrogen-bond donors (Lipinski definition) is 4. The van der Waals surface area contributed by atoms with Crippen molar-refractivity contribution in [1.29, 1.82) is 0 Å². The summed E-state index contributed by atoms with van der Waals surface area (Å²) in [6, 6.07) is 13.9. The van der Waals surface area contributed by atoms with Crippen LogP contribution in [0.2, 0.25) is 0 Å². The fourth-order valence-electron chi connectivity index (χ4n) is 4.07. The van der Waals surface area contributed by atoms with Gasteiger partial charge < -0.3 is 29.3 Å². The number of oxazole rings is 2. The number of hydrogen-bond acceptors (Lipinski definition) is 8. The van der Waals surface area contributed by atoms with Gasteiger partial charge in [0.15, 0.2) is 11.8 Å². The Bertz CT molecular complexity index is 1320. The first-order valence-corrected chi connectivity index (χ1v) is 13.1. The molecule has 4 rings (SSSR count). The zero-order valence-electron chi connectivity index (χ0n) is 22.6. The molecule has 10 heteroatoms. The molecule has 2 aromatic heterocycles. The van der Waals surface area contributed by atoms with Crippen LogP contribution in [-0.2, 0) is 22.4 Å². The molecule has 0 aliphatic rings. The second-order valence-electron chi connectivity index (χ2n) is 9.26. The number of phenols is 2. The first-order valence-electron chi connectivity index (χ1n) is 13.1. The molecule has 0 fully saturated rings. The summed E-state index contributed by atoms with van der Waals surface area (Å²) in [4.78, 5) is 29.6. The van der Waals surface area contributed by atoms with Crippen LogP contribution in [0, 0.1) is 13.8 Å². The Balaban J connectivity index is 0.000000220. The van der Waals surface area contributed by atoms with Crippen molar-refractivity contribution in [3.8, 4) is 34.0 Å². The molecule has 4 aromatic rings. The molecule has 0 saturated carbocycles. The van der Waals surface area contributed by atoms with Crippen molar-refractivity contribution >= 4 is 11.9 Å². The quantitative estimate of drug-likeness (QED) is 0.147. The number of rotatable bonds is 12. The largest absolute Gasteiger partial charge is 0.507 e. The summed E-state index contributed by atoms with van der Waals surface area (Å²) in [5.41, 5.74) is 2.56. The van der Waals surface area contributed by atoms with E-state index in [9.17, 15) is 19.8 Å². The monoisotopic (exact) mass is 550 g/mol. The molecule has 0 aliphatic carbocycles. The summed E-state index contributed by atoms with van der Waals surface area (Å²) >= 11 is 0. The maximum absolute atomic E-state index is 10.4. The highest BCUT2D eigenvalue weighted by molar-refractivity contribution is 5.69. The molecule has 0 atom stereocenters. The number of aromatic nitrogens is 2. The number of carboxylic acid groups (broad SMARTS) is 2. The van der Waals surface area contributed by atoms with Crippen LogP contribution < -0.4 is 0 Å². The van der Waals surface area contributed by atoms with Crippen LogP contribution in [0.15, 0.2) is 57.4 Å². The summed E-state index contributed by atoms with van der Waals surface area (Å²) in [5.74, 6) is 1.21. The van der Waals surface area contributed by atoms with Crippen molar-refractivity contribution in [2.75, 3.05) is 0 Å². The van der Waals surface area contributed by atoms with E-state index in [1.165, 1.54) is 0 Å². The Kier molecular flexibility index (Phi) is 10.9. The smallest absolute Gasteiger partial charge is 0.303 e. The van der Waals surface area contributed by atoms with E-state index in [2.05, 4.69) is 9.97 Å². The Morgan fingerprint density at radius 3 is 1.38 bits per heavy atom. The average Bonchev–Trinajstić information content (AvgIpc) is 3.46. The van der Waals surface area contributed by atoms with E-state index in [0.29, 0.717) is 84.3 Å². The van der Waals surface area contributed by atoms with Gasteiger partial charge in [-0.15, -0.1) is 0 Å². The second kappa shape index (κ2) is 14.5. The van der Waals surface area contributed by atoms with Gasteiger partial charge in [-0.25, -0.2) is 9.97 Å². The normalized spacial score (nSPS) is 10.7. The van der Waals surface area contributed by atoms with Gasteiger partial charge in [-0.05, 0) is 63.8 Å². The molecule has 0 bridgehead atoms. The molecular formula is C30H34N2O8. The first-order chi connectivity index (χ1) is 19.2. The number of aryl methyl sites for hydroxylation is 4. The van der Waals surface area contributed by atoms with Crippen molar-refractivity contribution < 1.29 is 38.8 Å². The van der Waals surface area contributed by atoms with Gasteiger partial charge in [-0.1, -0.05) is 24.3 Å². The van der Waals surface area contributed by atoms with E-state index in [-0.39, 0.29) is 24.3 Å². The fourth-order valence-corrected chi connectivity index (χ4v) is 4.07. The van der Waals surface area contributed by atoms with Gasteiger partial charge in [0.25, 0.3) is 0 Å². The molecule has 0 aliphatic heterocycles. The van der Waals surface area contributed by atoms with Gasteiger partial charge in [0.2, 0.25) is 0 Å². The van der Waals surface area contributed by atoms with E-state index >= 15 is 0 Å². The third-order valence-electron chi connectivity index (χ3n) is 6.06. The van der Waals surface area contributed by atoms with E-state index in [0.717, 1.165) is 0 Å². The number of para-hydroxylation sites is 2. The Morgan fingerprint density at radius 1 is 0.650 bits per heavy atom. The SMILES string of the molecule is Cc1oc(CCCCC(=O)O)nc1-c1ccccc1O.Cc1oc(CCCCC(=O)O)nc1-c1ccccc1O. The van der Waals surface area contributed by atoms with Crippen LogP contribution in [0.3, 0.4) is 0 Å². The van der Waals surface area contributed by atoms with E-state index < -0.39 is 11.9 Å². The molecule has 4 N–H and O–H groups in total. The average molecular weight is 551 g/mol. The molecule has 40 heavy (non-hydrogen) atoms. The summed E-state index contributed by atoms with van der Waals surface area (Å²) in [7, 11) is 0. The standard InChI is InChI=1S/2C15H17NO4/c2*1-10-15(11-6-2-3-7-12(11)17)16-13(20-10)8-4-5-9-14(18)19/h2*2-3,6-7,17H,4-5,8-9H2,1H3,(H,18,19). The van der Waals surface area contributed by atoms with Crippen LogP contribution in [-0.4, -0.2) is 42.3 Å². The van der Waals surface area contributed by atoms with Crippen molar-refractivity contribution in [1.82, 2.24) is 9.97 Å². The molecule has 0 spiro atoms. The molecule has 0 saturated heterocycles. The topological polar surface area (TPSA) is 167 Å². The lowest BCUT2D eigenvalue weighted by Gasteiger charge is -2.00. The predicted octanol–water partition coefficient (Wildman–Crippen LogP) is 6.31. The minimum Gasteiger partial charge on any atom is -0.507 e. The van der Waals surface area contributed by atoms with Crippen LogP contribution in [0.5, 0.6) is 11.5 Å². The highest BCUT2D eigenvalue weighted by Crippen LogP contribution is 2.32. The van der Waals surface area contributed by atoms with E-state index in [1.807, 2.05) is 12.1 Å². The summed E-state index contributed by atoms with van der Waals surface area (Å²) < 4.78 is 11.1. The third-order valence-corrected chi connectivity index (χ3v) is 6.06. The lowest BCUT2D eigenvalue weighted by Crippen LogP contribution is -1.95. The van der Waals surface area contributed by atoms with E-state index in [1.54, 1.807) is 50.2 Å². The molecule has 0 unspecified atom stereocenters. The third kappa shape index (κ3) is 8.72. The minimum atomic E-state index is -0.788. The number of nitrogens with zero attached hydrogens (tertiary/aromatic N) is 2. The van der Waals surface area contributed by atoms with Crippen molar-refractivity contribution in [2.24, 2.45) is 0 Å². The van der Waals surface area contributed by atoms with Gasteiger partial charge in [-0.3, -0.25) is 9.59 Å². The van der Waals surface area contributed by atoms with Gasteiger partial charge in [0, 0.05) is 36.8 Å². The lowest BCUT2D eigenvalue weighted by molar-refractivity contribution is -0.138.